The molecule has 0 fully saturated rings. The number of nitro groups is 1. The average molecular weight is 657 g/mol. The summed E-state index contributed by atoms with van der Waals surface area (Å²) >= 11 is 7.42. The van der Waals surface area contributed by atoms with Crippen LogP contribution in [0.5, 0.6) is 11.5 Å². The summed E-state index contributed by atoms with van der Waals surface area (Å²) in [4.78, 5) is 48.7. The van der Waals surface area contributed by atoms with Gasteiger partial charge in [-0.25, -0.2) is 5.43 Å². The molecule has 1 heterocycles. The van der Waals surface area contributed by atoms with Crippen LogP contribution in [0.15, 0.2) is 96.1 Å². The molecule has 1 aromatic heterocycles. The van der Waals surface area contributed by atoms with Crippen molar-refractivity contribution >= 4 is 68.4 Å². The second kappa shape index (κ2) is 14.5. The number of halogens is 1. The lowest BCUT2D eigenvalue weighted by Gasteiger charge is -2.11. The van der Waals surface area contributed by atoms with Crippen LogP contribution < -0.4 is 20.2 Å². The van der Waals surface area contributed by atoms with Crippen LogP contribution in [-0.4, -0.2) is 35.5 Å². The van der Waals surface area contributed by atoms with Gasteiger partial charge in [0.1, 0.15) is 4.88 Å². The molecule has 232 valence electrons. The first-order valence-electron chi connectivity index (χ1n) is 13.8. The molecule has 0 aliphatic heterocycles. The Labute approximate surface area is 271 Å². The first-order chi connectivity index (χ1) is 22.2. The molecule has 2 N–H and O–H groups in total. The van der Waals surface area contributed by atoms with Gasteiger partial charge in [-0.2, -0.15) is 5.10 Å². The zero-order chi connectivity index (χ0) is 32.6. The molecule has 2 amide bonds. The molecule has 5 rings (SSSR count). The van der Waals surface area contributed by atoms with Gasteiger partial charge in [0.2, 0.25) is 0 Å². The van der Waals surface area contributed by atoms with Gasteiger partial charge < -0.3 is 14.8 Å². The molecule has 0 saturated heterocycles. The summed E-state index contributed by atoms with van der Waals surface area (Å²) < 4.78 is 11.7. The topological polar surface area (TPSA) is 149 Å². The summed E-state index contributed by atoms with van der Waals surface area (Å²) in [6.45, 7) is 2.15. The highest BCUT2D eigenvalue weighted by Crippen LogP contribution is 2.37. The van der Waals surface area contributed by atoms with E-state index < -0.39 is 22.7 Å². The van der Waals surface area contributed by atoms with Crippen LogP contribution in [0.1, 0.15) is 38.1 Å². The van der Waals surface area contributed by atoms with E-state index in [1.54, 1.807) is 30.3 Å². The van der Waals surface area contributed by atoms with Crippen molar-refractivity contribution in [1.82, 2.24) is 5.43 Å². The predicted octanol–water partition coefficient (Wildman–Crippen LogP) is 7.03. The quantitative estimate of drug-likeness (QED) is 0.0510. The van der Waals surface area contributed by atoms with Crippen molar-refractivity contribution in [3.05, 3.63) is 128 Å². The van der Waals surface area contributed by atoms with Crippen LogP contribution in [0.3, 0.4) is 0 Å². The van der Waals surface area contributed by atoms with Crippen LogP contribution in [0.25, 0.3) is 10.1 Å². The normalized spacial score (nSPS) is 10.9. The number of ether oxygens (including phenoxy) is 2. The molecule has 0 radical (unpaired) electrons. The number of carbonyl (C=O) groups is 3. The third-order valence-electron chi connectivity index (χ3n) is 6.50. The second-order valence-electron chi connectivity index (χ2n) is 9.69. The number of nitrogens with zero attached hydrogens (tertiary/aromatic N) is 2. The maximum atomic E-state index is 12.9. The summed E-state index contributed by atoms with van der Waals surface area (Å²) in [5.74, 6) is -0.771. The Hall–Kier alpha value is -5.59. The van der Waals surface area contributed by atoms with E-state index in [4.69, 9.17) is 21.1 Å². The van der Waals surface area contributed by atoms with Gasteiger partial charge in [-0.1, -0.05) is 41.9 Å². The van der Waals surface area contributed by atoms with Gasteiger partial charge in [0.05, 0.1) is 29.2 Å². The number of carbonyl (C=O) groups excluding carboxylic acids is 3. The van der Waals surface area contributed by atoms with Gasteiger partial charge in [0.15, 0.2) is 11.5 Å². The first kappa shape index (κ1) is 31.8. The minimum Gasteiger partial charge on any atom is -0.490 e. The number of hydrogen-bond donors (Lipinski definition) is 2. The minimum atomic E-state index is -0.514. The summed E-state index contributed by atoms with van der Waals surface area (Å²) in [7, 11) is 0. The third kappa shape index (κ3) is 7.73. The van der Waals surface area contributed by atoms with Gasteiger partial charge >= 0.3 is 5.97 Å². The number of hydrazone groups is 1. The minimum absolute atomic E-state index is 0.0961. The Kier molecular flexibility index (Phi) is 10.0. The van der Waals surface area contributed by atoms with Crippen LogP contribution >= 0.6 is 22.9 Å². The van der Waals surface area contributed by atoms with Crippen molar-refractivity contribution < 1.29 is 28.8 Å². The Morgan fingerprint density at radius 3 is 2.43 bits per heavy atom. The standard InChI is InChI=1S/C33H25ClN4O7S/c1-2-44-27-16-21(8-15-26(27)45-29(39)17-20-6-4-3-5-7-20)19-35-37-32(40)22-9-11-23(12-10-22)36-33(41)31-30(34)25-14-13-24(38(42)43)18-28(25)46-31/h3-16,18-19H,2,17H2,1H3,(H,36,41)(H,37,40)/b35-19-. The molecule has 0 aliphatic rings. The van der Waals surface area contributed by atoms with E-state index in [2.05, 4.69) is 15.8 Å². The van der Waals surface area contributed by atoms with E-state index in [1.807, 2.05) is 37.3 Å². The number of anilines is 1. The number of thiophene rings is 1. The summed E-state index contributed by atoms with van der Waals surface area (Å²) in [5, 5.41) is 18.5. The maximum Gasteiger partial charge on any atom is 0.315 e. The van der Waals surface area contributed by atoms with E-state index in [9.17, 15) is 24.5 Å². The number of fused-ring (bicyclic) bond motifs is 1. The number of amides is 2. The van der Waals surface area contributed by atoms with E-state index in [0.717, 1.165) is 16.9 Å². The zero-order valence-corrected chi connectivity index (χ0v) is 25.8. The van der Waals surface area contributed by atoms with Crippen molar-refractivity contribution in [3.63, 3.8) is 0 Å². The molecule has 0 bridgehead atoms. The number of nitrogens with one attached hydrogen (secondary N) is 2. The van der Waals surface area contributed by atoms with Crippen molar-refractivity contribution in [1.29, 1.82) is 0 Å². The number of hydrogen-bond acceptors (Lipinski definition) is 9. The highest BCUT2D eigenvalue weighted by Gasteiger charge is 2.20. The lowest BCUT2D eigenvalue weighted by molar-refractivity contribution is -0.384. The molecule has 0 atom stereocenters. The molecule has 11 nitrogen and oxygen atoms in total. The van der Waals surface area contributed by atoms with E-state index in [1.165, 1.54) is 36.5 Å². The highest BCUT2D eigenvalue weighted by atomic mass is 35.5. The maximum absolute atomic E-state index is 12.9. The van der Waals surface area contributed by atoms with Crippen LogP contribution in [-0.2, 0) is 11.2 Å². The first-order valence-corrected chi connectivity index (χ1v) is 15.0. The van der Waals surface area contributed by atoms with Crippen LogP contribution in [0.2, 0.25) is 5.02 Å². The molecule has 46 heavy (non-hydrogen) atoms. The van der Waals surface area contributed by atoms with Gasteiger partial charge in [0.25, 0.3) is 17.5 Å². The van der Waals surface area contributed by atoms with Crippen molar-refractivity contribution in [2.24, 2.45) is 5.10 Å². The molecule has 13 heteroatoms. The molecule has 0 saturated carbocycles. The van der Waals surface area contributed by atoms with E-state index in [0.29, 0.717) is 33.7 Å². The van der Waals surface area contributed by atoms with Crippen LogP contribution in [0.4, 0.5) is 11.4 Å². The number of non-ortho nitro benzene ring substituents is 1. The number of benzene rings is 4. The molecular weight excluding hydrogens is 632 g/mol. The zero-order valence-electron chi connectivity index (χ0n) is 24.2. The largest absolute Gasteiger partial charge is 0.490 e. The second-order valence-corrected chi connectivity index (χ2v) is 11.1. The van der Waals surface area contributed by atoms with Crippen molar-refractivity contribution in [3.8, 4) is 11.5 Å². The van der Waals surface area contributed by atoms with Gasteiger partial charge in [0, 0.05) is 33.5 Å². The van der Waals surface area contributed by atoms with Gasteiger partial charge in [-0.15, -0.1) is 11.3 Å². The summed E-state index contributed by atoms with van der Waals surface area (Å²) in [5.41, 5.74) is 4.48. The average Bonchev–Trinajstić information content (AvgIpc) is 3.38. The monoisotopic (exact) mass is 656 g/mol. The van der Waals surface area contributed by atoms with E-state index >= 15 is 0 Å². The summed E-state index contributed by atoms with van der Waals surface area (Å²) in [6, 6.07) is 24.5. The molecule has 0 aliphatic carbocycles. The fraction of sp³-hybridized carbons (Fsp3) is 0.0909. The molecule has 5 aromatic rings. The third-order valence-corrected chi connectivity index (χ3v) is 8.15. The Balaban J connectivity index is 1.18. The number of esters is 1. The fourth-order valence-corrected chi connectivity index (χ4v) is 5.76. The summed E-state index contributed by atoms with van der Waals surface area (Å²) in [6.07, 6.45) is 1.54. The molecule has 4 aromatic carbocycles. The lowest BCUT2D eigenvalue weighted by atomic mass is 10.1. The Morgan fingerprint density at radius 1 is 0.957 bits per heavy atom. The SMILES string of the molecule is CCOc1cc(/C=N\NC(=O)c2ccc(NC(=O)c3sc4cc([N+](=O)[O-])ccc4c3Cl)cc2)ccc1OC(=O)Cc1ccccc1. The van der Waals surface area contributed by atoms with E-state index in [-0.39, 0.29) is 33.3 Å². The number of nitro benzene ring substituents is 1. The van der Waals surface area contributed by atoms with Crippen molar-refractivity contribution in [2.45, 2.75) is 13.3 Å². The Bertz CT molecular complexity index is 1960. The van der Waals surface area contributed by atoms with Gasteiger partial charge in [-0.3, -0.25) is 24.5 Å². The smallest absolute Gasteiger partial charge is 0.315 e. The number of rotatable bonds is 11. The van der Waals surface area contributed by atoms with Crippen LogP contribution in [0, 0.1) is 10.1 Å². The molecule has 0 unspecified atom stereocenters. The van der Waals surface area contributed by atoms with Crippen molar-refractivity contribution in [2.75, 3.05) is 11.9 Å². The fourth-order valence-electron chi connectivity index (χ4n) is 4.32. The lowest BCUT2D eigenvalue weighted by Crippen LogP contribution is -2.18. The molecular formula is C33H25ClN4O7S. The Morgan fingerprint density at radius 2 is 1.72 bits per heavy atom. The van der Waals surface area contributed by atoms with Gasteiger partial charge in [-0.05, 0) is 66.6 Å². The predicted molar refractivity (Wildman–Crippen MR) is 176 cm³/mol. The molecule has 0 spiro atoms. The highest BCUT2D eigenvalue weighted by molar-refractivity contribution is 7.21.